The zero-order valence-electron chi connectivity index (χ0n) is 47.1. The van der Waals surface area contributed by atoms with Crippen LogP contribution in [0.2, 0.25) is 0 Å². The van der Waals surface area contributed by atoms with Crippen molar-refractivity contribution in [2.24, 2.45) is 46.3 Å². The van der Waals surface area contributed by atoms with Crippen molar-refractivity contribution in [3.8, 4) is 0 Å². The maximum Gasteiger partial charge on any atom is 0.187 e. The molecule has 27 nitrogen and oxygen atoms in total. The van der Waals surface area contributed by atoms with Gasteiger partial charge in [-0.05, 0) is 112 Å². The highest BCUT2D eigenvalue weighted by Crippen LogP contribution is 2.71. The summed E-state index contributed by atoms with van der Waals surface area (Å²) < 4.78 is 65.2. The molecule has 0 aromatic heterocycles. The van der Waals surface area contributed by atoms with Crippen LogP contribution in [0.1, 0.15) is 98.8 Å². The SMILES string of the molecule is CC(CCC1(O)OC2CC3C4CCC5CC(O[C@@H]6O[C@H](CO[C@@H]7O[C@H](C)[C@H](O[C@@H]8OC[C@H](O)[C@@H](O)[C@H]8O[C@@H]8O[C@H](CO)[C@@H](O)[C@@H](O)[C@H]8O)[C@@H](O)[C@H]7O)[C@@H](O)[C@@H](O)[C@H]6O)CCC5(C)C4CCC3(C)C2C1C)O[C@@H]1O[C@H](CO)[C@@H](O)[C@H](O)[C@H]1O. The van der Waals surface area contributed by atoms with Crippen molar-refractivity contribution in [1.82, 2.24) is 0 Å². The van der Waals surface area contributed by atoms with Crippen molar-refractivity contribution in [2.75, 3.05) is 26.4 Å². The van der Waals surface area contributed by atoms with Crippen LogP contribution in [0.5, 0.6) is 0 Å². The average Bonchev–Trinajstić information content (AvgIpc) is 4.13. The second kappa shape index (κ2) is 25.1. The largest absolute Gasteiger partial charge is 0.394 e. The molecule has 10 fully saturated rings. The molecule has 36 atom stereocenters. The summed E-state index contributed by atoms with van der Waals surface area (Å²) in [5.74, 6) is 0.182. The molecule has 82 heavy (non-hydrogen) atoms. The minimum Gasteiger partial charge on any atom is -0.394 e. The van der Waals surface area contributed by atoms with Gasteiger partial charge in [-0.25, -0.2) is 0 Å². The van der Waals surface area contributed by atoms with Crippen LogP contribution in [-0.4, -0.2) is 280 Å². The molecule has 4 aliphatic carbocycles. The lowest BCUT2D eigenvalue weighted by Crippen LogP contribution is -2.65. The van der Waals surface area contributed by atoms with E-state index in [0.29, 0.717) is 42.9 Å². The van der Waals surface area contributed by atoms with E-state index >= 15 is 0 Å². The van der Waals surface area contributed by atoms with Gasteiger partial charge in [0.15, 0.2) is 37.2 Å². The average molecular weight is 1190 g/mol. The third kappa shape index (κ3) is 11.6. The van der Waals surface area contributed by atoms with Crippen LogP contribution in [0.25, 0.3) is 0 Å². The van der Waals surface area contributed by atoms with Gasteiger partial charge in [-0.3, -0.25) is 0 Å². The van der Waals surface area contributed by atoms with Gasteiger partial charge < -0.3 is 134 Å². The molecule has 0 radical (unpaired) electrons. The summed E-state index contributed by atoms with van der Waals surface area (Å²) in [4.78, 5) is 0. The molecule has 6 saturated heterocycles. The highest BCUT2D eigenvalue weighted by atomic mass is 16.8. The Morgan fingerprint density at radius 2 is 1.12 bits per heavy atom. The Bertz CT molecular complexity index is 2100. The molecule has 0 amide bonds. The molecule has 6 heterocycles. The van der Waals surface area contributed by atoms with Gasteiger partial charge in [0.1, 0.15) is 110 Å². The van der Waals surface area contributed by atoms with Gasteiger partial charge in [0.25, 0.3) is 0 Å². The van der Waals surface area contributed by atoms with Gasteiger partial charge in [0, 0.05) is 12.3 Å². The fourth-order valence-corrected chi connectivity index (χ4v) is 16.6. The Morgan fingerprint density at radius 1 is 0.549 bits per heavy atom. The summed E-state index contributed by atoms with van der Waals surface area (Å²) in [5.41, 5.74) is -0.0481. The molecule has 0 aromatic rings. The topological polar surface area (TPSA) is 425 Å². The van der Waals surface area contributed by atoms with Crippen molar-refractivity contribution >= 4 is 0 Å². The van der Waals surface area contributed by atoms with Gasteiger partial charge in [0.2, 0.25) is 0 Å². The number of rotatable bonds is 16. The maximum absolute atomic E-state index is 12.1. The molecular formula is C55H92O27. The number of fused-ring (bicyclic) bond motifs is 7. The van der Waals surface area contributed by atoms with Crippen molar-refractivity contribution in [3.63, 3.8) is 0 Å². The zero-order valence-corrected chi connectivity index (χ0v) is 47.1. The maximum atomic E-state index is 12.1. The predicted molar refractivity (Wildman–Crippen MR) is 272 cm³/mol. The van der Waals surface area contributed by atoms with Crippen molar-refractivity contribution in [3.05, 3.63) is 0 Å². The fourth-order valence-electron chi connectivity index (χ4n) is 16.6. The van der Waals surface area contributed by atoms with Crippen molar-refractivity contribution < 1.29 is 134 Å². The van der Waals surface area contributed by atoms with E-state index in [1.807, 2.05) is 0 Å². The summed E-state index contributed by atoms with van der Waals surface area (Å²) in [6, 6.07) is 0. The van der Waals surface area contributed by atoms with Crippen molar-refractivity contribution in [2.45, 2.75) is 270 Å². The zero-order chi connectivity index (χ0) is 59.2. The molecule has 16 N–H and O–H groups in total. The standard InChI is InChI=1S/C55H92O27/c1-20(74-49-42(67)38(63)35(60)30(16-56)77-49)8-13-55(71)21(2)33-29(82-55)15-27-25-7-6-23-14-24(9-11-53(23,4)26(25)10-12-54(27,33)5)76-50-43(68)40(65)37(62)32(79-50)19-73-48-45(70)41(66)46(22(3)75-48)80-52-47(34(59)28(58)18-72-52)81-51-44(69)39(64)36(61)31(17-57)78-51/h20-52,56-71H,6-19H2,1-5H3/t20?,21?,22-,23?,24?,25?,26?,27?,28+,29?,30-,31-,32-,33?,34-,35-,36-,37-,38+,39-,40-,41+,42-,43-,44-,45-,46+,47-,48-,49-,50-,51+,52+,53?,54?,55?/m1/s1. The van der Waals surface area contributed by atoms with Gasteiger partial charge in [0.05, 0.1) is 50.8 Å². The summed E-state index contributed by atoms with van der Waals surface area (Å²) >= 11 is 0. The summed E-state index contributed by atoms with van der Waals surface area (Å²) in [7, 11) is 0. The first-order valence-corrected chi connectivity index (χ1v) is 29.7. The van der Waals surface area contributed by atoms with Gasteiger partial charge in [-0.2, -0.15) is 0 Å². The molecular weight excluding hydrogens is 1090 g/mol. The number of hydrogen-bond acceptors (Lipinski definition) is 27. The second-order valence-corrected chi connectivity index (χ2v) is 26.2. The Morgan fingerprint density at radius 3 is 1.78 bits per heavy atom. The molecule has 0 aromatic carbocycles. The van der Waals surface area contributed by atoms with E-state index in [1.165, 1.54) is 6.92 Å². The van der Waals surface area contributed by atoms with E-state index in [1.54, 1.807) is 6.92 Å². The van der Waals surface area contributed by atoms with E-state index in [0.717, 1.165) is 38.5 Å². The molecule has 0 bridgehead atoms. The number of hydrogen-bond donors (Lipinski definition) is 16. The van der Waals surface area contributed by atoms with Crippen LogP contribution < -0.4 is 0 Å². The molecule has 27 heteroatoms. The molecule has 474 valence electrons. The van der Waals surface area contributed by atoms with E-state index < -0.39 is 186 Å². The Labute approximate surface area is 475 Å². The Hall–Kier alpha value is -1.08. The number of aliphatic hydroxyl groups is 16. The monoisotopic (exact) mass is 1180 g/mol. The van der Waals surface area contributed by atoms with Crippen LogP contribution >= 0.6 is 0 Å². The van der Waals surface area contributed by atoms with Crippen LogP contribution in [-0.2, 0) is 52.1 Å². The normalized spacial score (nSPS) is 56.5. The summed E-state index contributed by atoms with van der Waals surface area (Å²) in [5, 5.41) is 171. The van der Waals surface area contributed by atoms with E-state index in [9.17, 15) is 81.7 Å². The summed E-state index contributed by atoms with van der Waals surface area (Å²) in [6.07, 6.45) is -30.5. The molecule has 12 unspecified atom stereocenters. The van der Waals surface area contributed by atoms with Crippen molar-refractivity contribution in [1.29, 1.82) is 0 Å². The number of ether oxygens (including phenoxy) is 11. The lowest BCUT2D eigenvalue weighted by molar-refractivity contribution is -0.378. The Kier molecular flexibility index (Phi) is 19.5. The van der Waals surface area contributed by atoms with Crippen LogP contribution in [0.15, 0.2) is 0 Å². The lowest BCUT2D eigenvalue weighted by atomic mass is 9.44. The second-order valence-electron chi connectivity index (χ2n) is 26.2. The quantitative estimate of drug-likeness (QED) is 0.0646. The van der Waals surface area contributed by atoms with E-state index in [-0.39, 0.29) is 41.3 Å². The molecule has 4 saturated carbocycles. The first kappa shape index (κ1) is 63.9. The first-order valence-electron chi connectivity index (χ1n) is 29.7. The van der Waals surface area contributed by atoms with E-state index in [2.05, 4.69) is 20.8 Å². The van der Waals surface area contributed by atoms with Gasteiger partial charge in [-0.1, -0.05) is 20.8 Å². The minimum atomic E-state index is -1.88. The van der Waals surface area contributed by atoms with E-state index in [4.69, 9.17) is 52.1 Å². The predicted octanol–water partition coefficient (Wildman–Crippen LogP) is -4.71. The molecule has 6 aliphatic heterocycles. The highest BCUT2D eigenvalue weighted by molar-refractivity contribution is 5.15. The molecule has 10 rings (SSSR count). The third-order valence-corrected chi connectivity index (χ3v) is 21.5. The van der Waals surface area contributed by atoms with Crippen LogP contribution in [0.4, 0.5) is 0 Å². The lowest BCUT2D eigenvalue weighted by Gasteiger charge is -2.61. The fraction of sp³-hybridized carbons (Fsp3) is 1.00. The van der Waals surface area contributed by atoms with Gasteiger partial charge >= 0.3 is 0 Å². The molecule has 10 aliphatic rings. The van der Waals surface area contributed by atoms with Crippen LogP contribution in [0, 0.1) is 46.3 Å². The minimum absolute atomic E-state index is 0.00747. The summed E-state index contributed by atoms with van der Waals surface area (Å²) in [6.45, 7) is 7.81. The number of aliphatic hydroxyl groups excluding tert-OH is 15. The van der Waals surface area contributed by atoms with Gasteiger partial charge in [-0.15, -0.1) is 0 Å². The first-order chi connectivity index (χ1) is 38.7. The van der Waals surface area contributed by atoms with Crippen LogP contribution in [0.3, 0.4) is 0 Å². The smallest absolute Gasteiger partial charge is 0.187 e. The molecule has 0 spiro atoms. The third-order valence-electron chi connectivity index (χ3n) is 21.5. The highest BCUT2D eigenvalue weighted by Gasteiger charge is 2.69. The Balaban J connectivity index is 0.703.